The third-order valence-corrected chi connectivity index (χ3v) is 8.13. The molecule has 6 nitrogen and oxygen atoms in total. The Kier molecular flexibility index (Phi) is 9.48. The average molecular weight is 516 g/mol. The number of Topliss-reactive ketones (excluding diaryl/α,β-unsaturated/α-hetero) is 1. The highest BCUT2D eigenvalue weighted by molar-refractivity contribution is 6.33. The topological polar surface area (TPSA) is 58.8 Å². The van der Waals surface area contributed by atoms with Crippen LogP contribution >= 0.6 is 11.6 Å². The van der Waals surface area contributed by atoms with Crippen molar-refractivity contribution in [3.05, 3.63) is 34.7 Å². The largest absolute Gasteiger partial charge is 0.496 e. The van der Waals surface area contributed by atoms with Gasteiger partial charge in [-0.1, -0.05) is 31.5 Å². The van der Waals surface area contributed by atoms with Gasteiger partial charge in [0.2, 0.25) is 5.89 Å². The van der Waals surface area contributed by atoms with Crippen molar-refractivity contribution in [1.82, 2.24) is 14.8 Å². The van der Waals surface area contributed by atoms with Crippen LogP contribution in [0.3, 0.4) is 0 Å². The number of halogens is 1. The van der Waals surface area contributed by atoms with Gasteiger partial charge in [0.15, 0.2) is 0 Å². The summed E-state index contributed by atoms with van der Waals surface area (Å²) >= 11 is 6.41. The number of carbonyl (C=O) groups excluding carboxylic acids is 1. The maximum Gasteiger partial charge on any atom is 0.231 e. The molecule has 4 rings (SSSR count). The van der Waals surface area contributed by atoms with Gasteiger partial charge in [0.25, 0.3) is 0 Å². The molecule has 0 bridgehead atoms. The molecule has 2 aromatic rings. The maximum atomic E-state index is 12.8. The van der Waals surface area contributed by atoms with Gasteiger partial charge in [-0.25, -0.2) is 4.98 Å². The van der Waals surface area contributed by atoms with Crippen LogP contribution in [0.1, 0.15) is 63.8 Å². The SMILES string of the molecule is COc1cccc(Cl)c1-c1nc(CN2CCC(C(=O)CCCCN3C[C@H](C)C[C@H](C)C3)CC2)c(C)o1. The summed E-state index contributed by atoms with van der Waals surface area (Å²) in [5.41, 5.74) is 1.60. The number of benzene rings is 1. The minimum absolute atomic E-state index is 0.206. The van der Waals surface area contributed by atoms with Gasteiger partial charge in [-0.15, -0.1) is 0 Å². The Morgan fingerprint density at radius 1 is 1.14 bits per heavy atom. The number of aryl methyl sites for hydroxylation is 1. The summed E-state index contributed by atoms with van der Waals surface area (Å²) in [4.78, 5) is 22.6. The van der Waals surface area contributed by atoms with Crippen molar-refractivity contribution in [1.29, 1.82) is 0 Å². The van der Waals surface area contributed by atoms with Crippen LogP contribution in [0.2, 0.25) is 5.02 Å². The van der Waals surface area contributed by atoms with Gasteiger partial charge in [-0.05, 0) is 82.6 Å². The van der Waals surface area contributed by atoms with E-state index in [0.29, 0.717) is 28.0 Å². The van der Waals surface area contributed by atoms with Crippen LogP contribution in [-0.2, 0) is 11.3 Å². The third kappa shape index (κ3) is 6.90. The molecule has 0 unspecified atom stereocenters. The van der Waals surface area contributed by atoms with E-state index in [9.17, 15) is 4.79 Å². The van der Waals surface area contributed by atoms with E-state index in [1.165, 1.54) is 19.5 Å². The first kappa shape index (κ1) is 27.2. The summed E-state index contributed by atoms with van der Waals surface area (Å²) in [6, 6.07) is 5.52. The summed E-state index contributed by atoms with van der Waals surface area (Å²) in [5, 5.41) is 0.557. The van der Waals surface area contributed by atoms with E-state index in [0.717, 1.165) is 81.6 Å². The van der Waals surface area contributed by atoms with Crippen LogP contribution in [0, 0.1) is 24.7 Å². The monoisotopic (exact) mass is 515 g/mol. The average Bonchev–Trinajstić information content (AvgIpc) is 3.20. The number of oxazole rings is 1. The van der Waals surface area contributed by atoms with Crippen molar-refractivity contribution in [2.24, 2.45) is 17.8 Å². The lowest BCUT2D eigenvalue weighted by Crippen LogP contribution is -2.39. The zero-order valence-corrected chi connectivity index (χ0v) is 23.1. The van der Waals surface area contributed by atoms with Gasteiger partial charge in [0, 0.05) is 32.0 Å². The first-order valence-electron chi connectivity index (χ1n) is 13.6. The van der Waals surface area contributed by atoms with Crippen LogP contribution in [0.5, 0.6) is 5.75 Å². The van der Waals surface area contributed by atoms with Crippen LogP contribution in [-0.4, -0.2) is 60.4 Å². The van der Waals surface area contributed by atoms with E-state index in [-0.39, 0.29) is 5.92 Å². The van der Waals surface area contributed by atoms with Crippen LogP contribution in [0.15, 0.2) is 22.6 Å². The number of carbonyl (C=O) groups is 1. The molecular weight excluding hydrogens is 474 g/mol. The van der Waals surface area contributed by atoms with Crippen LogP contribution in [0.4, 0.5) is 0 Å². The molecule has 1 aromatic carbocycles. The molecule has 0 N–H and O–H groups in total. The number of methoxy groups -OCH3 is 1. The molecule has 1 aromatic heterocycles. The molecule has 2 fully saturated rings. The number of piperidine rings is 2. The summed E-state index contributed by atoms with van der Waals surface area (Å²) in [6.07, 6.45) is 6.10. The van der Waals surface area contributed by atoms with Crippen LogP contribution < -0.4 is 4.74 Å². The van der Waals surface area contributed by atoms with Crippen molar-refractivity contribution < 1.29 is 13.9 Å². The predicted octanol–water partition coefficient (Wildman–Crippen LogP) is 6.24. The number of likely N-dealkylation sites (tertiary alicyclic amines) is 2. The van der Waals surface area contributed by atoms with Gasteiger partial charge in [0.05, 0.1) is 23.4 Å². The van der Waals surface area contributed by atoms with Crippen molar-refractivity contribution >= 4 is 17.4 Å². The molecule has 2 saturated heterocycles. The number of unbranched alkanes of at least 4 members (excludes halogenated alkanes) is 1. The molecule has 2 aliphatic heterocycles. The summed E-state index contributed by atoms with van der Waals surface area (Å²) in [6.45, 7) is 12.8. The first-order chi connectivity index (χ1) is 17.3. The molecule has 0 amide bonds. The van der Waals surface area contributed by atoms with E-state index in [1.54, 1.807) is 7.11 Å². The van der Waals surface area contributed by atoms with E-state index in [1.807, 2.05) is 25.1 Å². The van der Waals surface area contributed by atoms with Crippen molar-refractivity contribution in [2.45, 2.75) is 65.8 Å². The number of hydrogen-bond acceptors (Lipinski definition) is 6. The molecule has 2 atom stereocenters. The molecule has 0 aliphatic carbocycles. The Morgan fingerprint density at radius 3 is 2.56 bits per heavy atom. The Balaban J connectivity index is 1.21. The quantitative estimate of drug-likeness (QED) is 0.349. The highest BCUT2D eigenvalue weighted by Crippen LogP contribution is 2.37. The molecule has 0 spiro atoms. The smallest absolute Gasteiger partial charge is 0.231 e. The zero-order chi connectivity index (χ0) is 25.7. The van der Waals surface area contributed by atoms with Crippen molar-refractivity contribution in [3.8, 4) is 17.2 Å². The van der Waals surface area contributed by atoms with E-state index < -0.39 is 0 Å². The number of ether oxygens (including phenoxy) is 1. The van der Waals surface area contributed by atoms with Crippen molar-refractivity contribution in [3.63, 3.8) is 0 Å². The molecule has 36 heavy (non-hydrogen) atoms. The third-order valence-electron chi connectivity index (χ3n) is 7.81. The number of hydrogen-bond donors (Lipinski definition) is 0. The van der Waals surface area contributed by atoms with Gasteiger partial charge in [0.1, 0.15) is 17.3 Å². The van der Waals surface area contributed by atoms with Gasteiger partial charge < -0.3 is 14.1 Å². The van der Waals surface area contributed by atoms with Gasteiger partial charge in [-0.3, -0.25) is 9.69 Å². The second-order valence-electron chi connectivity index (χ2n) is 11.0. The highest BCUT2D eigenvalue weighted by Gasteiger charge is 2.27. The van der Waals surface area contributed by atoms with E-state index >= 15 is 0 Å². The molecule has 2 aliphatic rings. The maximum absolute atomic E-state index is 12.8. The standard InChI is InChI=1S/C29H42ClN3O3/c1-20-16-21(2)18-33(17-20)13-6-5-9-26(34)23-11-14-32(15-12-23)19-25-22(3)36-29(31-25)28-24(30)8-7-10-27(28)35-4/h7-8,10,20-21,23H,5-6,9,11-19H2,1-4H3/t20-,21+. The lowest BCUT2D eigenvalue weighted by atomic mass is 9.89. The van der Waals surface area contributed by atoms with E-state index in [2.05, 4.69) is 23.6 Å². The Morgan fingerprint density at radius 2 is 1.86 bits per heavy atom. The van der Waals surface area contributed by atoms with Gasteiger partial charge >= 0.3 is 0 Å². The lowest BCUT2D eigenvalue weighted by molar-refractivity contribution is -0.124. The predicted molar refractivity (Wildman–Crippen MR) is 144 cm³/mol. The molecule has 3 heterocycles. The first-order valence-corrected chi connectivity index (χ1v) is 14.0. The van der Waals surface area contributed by atoms with E-state index in [4.69, 9.17) is 25.7 Å². The normalized spacial score (nSPS) is 22.1. The molecule has 7 heteroatoms. The minimum atomic E-state index is 0.206. The zero-order valence-electron chi connectivity index (χ0n) is 22.4. The fraction of sp³-hybridized carbons (Fsp3) is 0.655. The summed E-state index contributed by atoms with van der Waals surface area (Å²) in [5.74, 6) is 4.19. The second-order valence-corrected chi connectivity index (χ2v) is 11.4. The van der Waals surface area contributed by atoms with Gasteiger partial charge in [-0.2, -0.15) is 0 Å². The molecular formula is C29H42ClN3O3. The molecule has 0 saturated carbocycles. The number of ketones is 1. The molecule has 0 radical (unpaired) electrons. The van der Waals surface area contributed by atoms with Crippen LogP contribution in [0.25, 0.3) is 11.5 Å². The fourth-order valence-corrected chi connectivity index (χ4v) is 6.25. The fourth-order valence-electron chi connectivity index (χ4n) is 6.00. The highest BCUT2D eigenvalue weighted by atomic mass is 35.5. The Labute approximate surface area is 221 Å². The summed E-state index contributed by atoms with van der Waals surface area (Å²) in [7, 11) is 1.62. The lowest BCUT2D eigenvalue weighted by Gasteiger charge is -2.35. The Hall–Kier alpha value is -1.89. The minimum Gasteiger partial charge on any atom is -0.496 e. The Bertz CT molecular complexity index is 1010. The number of rotatable bonds is 10. The van der Waals surface area contributed by atoms with Crippen molar-refractivity contribution in [2.75, 3.05) is 39.8 Å². The molecule has 198 valence electrons. The second kappa shape index (κ2) is 12.6. The number of nitrogens with zero attached hydrogens (tertiary/aromatic N) is 3. The summed E-state index contributed by atoms with van der Waals surface area (Å²) < 4.78 is 11.4. The number of aromatic nitrogens is 1.